The molecule has 7 heteroatoms. The average molecular weight is 302 g/mol. The lowest BCUT2D eigenvalue weighted by Crippen LogP contribution is -2.31. The van der Waals surface area contributed by atoms with Crippen LogP contribution in [-0.2, 0) is 21.3 Å². The Morgan fingerprint density at radius 2 is 2.15 bits per heavy atom. The van der Waals surface area contributed by atoms with Crippen molar-refractivity contribution in [1.29, 1.82) is 0 Å². The fraction of sp³-hybridized carbons (Fsp3) is 0.692. The molecule has 0 amide bonds. The molecule has 1 aliphatic heterocycles. The van der Waals surface area contributed by atoms with Gasteiger partial charge in [0, 0.05) is 27.2 Å². The molecule has 20 heavy (non-hydrogen) atoms. The number of nitrogens with one attached hydrogen (secondary N) is 1. The van der Waals surface area contributed by atoms with Crippen molar-refractivity contribution >= 4 is 10.0 Å². The predicted octanol–water partition coefficient (Wildman–Crippen LogP) is 1.19. The van der Waals surface area contributed by atoms with Gasteiger partial charge in [-0.1, -0.05) is 0 Å². The molecule has 0 bridgehead atoms. The summed E-state index contributed by atoms with van der Waals surface area (Å²) < 4.78 is 35.8. The zero-order valence-electron chi connectivity index (χ0n) is 12.0. The van der Waals surface area contributed by atoms with E-state index in [2.05, 4.69) is 5.32 Å². The summed E-state index contributed by atoms with van der Waals surface area (Å²) in [6.07, 6.45) is 3.67. The second-order valence-electron chi connectivity index (χ2n) is 5.13. The summed E-state index contributed by atoms with van der Waals surface area (Å²) in [4.78, 5) is 0. The molecular weight excluding hydrogens is 280 g/mol. The van der Waals surface area contributed by atoms with Gasteiger partial charge in [0.15, 0.2) is 0 Å². The molecule has 0 saturated carbocycles. The van der Waals surface area contributed by atoms with Crippen molar-refractivity contribution in [3.8, 4) is 0 Å². The normalized spacial score (nSPS) is 20.4. The van der Waals surface area contributed by atoms with E-state index in [0.717, 1.165) is 30.3 Å². The highest BCUT2D eigenvalue weighted by Gasteiger charge is 2.21. The Bertz CT molecular complexity index is 518. The summed E-state index contributed by atoms with van der Waals surface area (Å²) in [5, 5.41) is 3.22. The molecular formula is C13H22N2O4S. The summed E-state index contributed by atoms with van der Waals surface area (Å²) in [5.74, 6) is 0.612. The van der Waals surface area contributed by atoms with Crippen LogP contribution in [-0.4, -0.2) is 46.1 Å². The minimum absolute atomic E-state index is 0.0202. The van der Waals surface area contributed by atoms with E-state index in [-0.39, 0.29) is 11.2 Å². The first kappa shape index (κ1) is 15.5. The average Bonchev–Trinajstić information content (AvgIpc) is 2.89. The Kier molecular flexibility index (Phi) is 5.20. The first-order valence-electron chi connectivity index (χ1n) is 6.83. The Hall–Kier alpha value is -0.890. The predicted molar refractivity (Wildman–Crippen MR) is 74.9 cm³/mol. The molecule has 1 aromatic heterocycles. The number of hydrogen-bond acceptors (Lipinski definition) is 5. The van der Waals surface area contributed by atoms with Gasteiger partial charge in [-0.3, -0.25) is 0 Å². The third-order valence-corrected chi connectivity index (χ3v) is 5.01. The van der Waals surface area contributed by atoms with E-state index in [1.807, 2.05) is 0 Å². The van der Waals surface area contributed by atoms with E-state index in [9.17, 15) is 8.42 Å². The van der Waals surface area contributed by atoms with Crippen molar-refractivity contribution in [2.24, 2.45) is 0 Å². The largest absolute Gasteiger partial charge is 0.447 e. The first-order valence-corrected chi connectivity index (χ1v) is 8.27. The van der Waals surface area contributed by atoms with Gasteiger partial charge in [-0.25, -0.2) is 12.7 Å². The van der Waals surface area contributed by atoms with E-state index in [0.29, 0.717) is 12.3 Å². The number of sulfonamides is 1. The zero-order chi connectivity index (χ0) is 14.6. The molecule has 2 heterocycles. The van der Waals surface area contributed by atoms with Gasteiger partial charge in [-0.05, 0) is 31.4 Å². The van der Waals surface area contributed by atoms with Crippen LogP contribution >= 0.6 is 0 Å². The van der Waals surface area contributed by atoms with Crippen molar-refractivity contribution in [2.75, 3.05) is 27.2 Å². The first-order chi connectivity index (χ1) is 9.50. The Morgan fingerprint density at radius 1 is 1.35 bits per heavy atom. The molecule has 0 aliphatic carbocycles. The van der Waals surface area contributed by atoms with Crippen molar-refractivity contribution in [3.63, 3.8) is 0 Å². The minimum Gasteiger partial charge on any atom is -0.447 e. The fourth-order valence-corrected chi connectivity index (χ4v) is 2.91. The van der Waals surface area contributed by atoms with Crippen LogP contribution in [0.25, 0.3) is 0 Å². The molecule has 114 valence electrons. The summed E-state index contributed by atoms with van der Waals surface area (Å²) in [5.41, 5.74) is 0. The quantitative estimate of drug-likeness (QED) is 0.854. The second-order valence-corrected chi connectivity index (χ2v) is 7.21. The van der Waals surface area contributed by atoms with Crippen LogP contribution < -0.4 is 5.32 Å². The highest BCUT2D eigenvalue weighted by atomic mass is 32.2. The topological polar surface area (TPSA) is 71.8 Å². The van der Waals surface area contributed by atoms with Crippen molar-refractivity contribution < 1.29 is 17.6 Å². The summed E-state index contributed by atoms with van der Waals surface area (Å²) in [7, 11) is -0.523. The molecule has 1 fully saturated rings. The summed E-state index contributed by atoms with van der Waals surface area (Å²) >= 11 is 0. The summed E-state index contributed by atoms with van der Waals surface area (Å²) in [6, 6.07) is 3.18. The molecule has 1 aromatic rings. The summed E-state index contributed by atoms with van der Waals surface area (Å²) in [6.45, 7) is 2.09. The van der Waals surface area contributed by atoms with Crippen LogP contribution in [0.3, 0.4) is 0 Å². The molecule has 2 rings (SSSR count). The van der Waals surface area contributed by atoms with Crippen LogP contribution in [0.1, 0.15) is 25.0 Å². The Morgan fingerprint density at radius 3 is 2.80 bits per heavy atom. The monoisotopic (exact) mass is 302 g/mol. The van der Waals surface area contributed by atoms with Crippen molar-refractivity contribution in [1.82, 2.24) is 9.62 Å². The van der Waals surface area contributed by atoms with Crippen LogP contribution in [0, 0.1) is 0 Å². The van der Waals surface area contributed by atoms with Gasteiger partial charge in [0.2, 0.25) is 5.09 Å². The van der Waals surface area contributed by atoms with Crippen LogP contribution in [0.2, 0.25) is 0 Å². The van der Waals surface area contributed by atoms with E-state index >= 15 is 0 Å². The van der Waals surface area contributed by atoms with Crippen LogP contribution in [0.4, 0.5) is 0 Å². The Balaban J connectivity index is 1.84. The number of rotatable bonds is 6. The van der Waals surface area contributed by atoms with Gasteiger partial charge in [0.25, 0.3) is 10.0 Å². The van der Waals surface area contributed by atoms with E-state index in [4.69, 9.17) is 9.15 Å². The highest BCUT2D eigenvalue weighted by molar-refractivity contribution is 7.88. The van der Waals surface area contributed by atoms with Gasteiger partial charge in [0.05, 0.1) is 12.6 Å². The lowest BCUT2D eigenvalue weighted by molar-refractivity contribution is 0.0165. The molecule has 1 aliphatic rings. The number of hydrogen-bond donors (Lipinski definition) is 1. The van der Waals surface area contributed by atoms with E-state index in [1.165, 1.54) is 26.6 Å². The van der Waals surface area contributed by atoms with Crippen LogP contribution in [0.15, 0.2) is 21.6 Å². The molecule has 6 nitrogen and oxygen atoms in total. The lowest BCUT2D eigenvalue weighted by Gasteiger charge is -2.22. The van der Waals surface area contributed by atoms with Crippen molar-refractivity contribution in [3.05, 3.63) is 17.9 Å². The number of furan rings is 1. The molecule has 0 aromatic carbocycles. The maximum absolute atomic E-state index is 11.9. The maximum Gasteiger partial charge on any atom is 0.275 e. The van der Waals surface area contributed by atoms with Crippen LogP contribution in [0.5, 0.6) is 0 Å². The highest BCUT2D eigenvalue weighted by Crippen LogP contribution is 2.17. The molecule has 0 spiro atoms. The van der Waals surface area contributed by atoms with Gasteiger partial charge < -0.3 is 14.5 Å². The molecule has 1 unspecified atom stereocenters. The van der Waals surface area contributed by atoms with Gasteiger partial charge in [0.1, 0.15) is 5.76 Å². The van der Waals surface area contributed by atoms with Crippen molar-refractivity contribution in [2.45, 2.75) is 37.0 Å². The molecule has 1 saturated heterocycles. The molecule has 0 radical (unpaired) electrons. The molecule has 1 N–H and O–H groups in total. The Labute approximate surface area is 120 Å². The second kappa shape index (κ2) is 6.71. The maximum atomic E-state index is 11.9. The smallest absolute Gasteiger partial charge is 0.275 e. The minimum atomic E-state index is -3.49. The van der Waals surface area contributed by atoms with E-state index in [1.54, 1.807) is 6.07 Å². The third-order valence-electron chi connectivity index (χ3n) is 3.32. The zero-order valence-corrected chi connectivity index (χ0v) is 12.8. The van der Waals surface area contributed by atoms with E-state index < -0.39 is 10.0 Å². The SMILES string of the molecule is CN(C)S(=O)(=O)c1ccc(CNCC2CCCCO2)o1. The number of ether oxygens (including phenoxy) is 1. The standard InChI is InChI=1S/C13H22N2O4S/c1-15(2)20(16,17)13-7-6-12(19-13)10-14-9-11-5-3-4-8-18-11/h6-7,11,14H,3-5,8-10H2,1-2H3. The van der Waals surface area contributed by atoms with Gasteiger partial charge in [-0.15, -0.1) is 0 Å². The van der Waals surface area contributed by atoms with Gasteiger partial charge in [-0.2, -0.15) is 0 Å². The number of nitrogens with zero attached hydrogens (tertiary/aromatic N) is 1. The fourth-order valence-electron chi connectivity index (χ4n) is 2.10. The van der Waals surface area contributed by atoms with Gasteiger partial charge >= 0.3 is 0 Å². The molecule has 1 atom stereocenters. The lowest BCUT2D eigenvalue weighted by atomic mass is 10.1. The third kappa shape index (κ3) is 3.82.